The predicted molar refractivity (Wildman–Crippen MR) is 59.6 cm³/mol. The summed E-state index contributed by atoms with van der Waals surface area (Å²) in [6.45, 7) is 1.22. The van der Waals surface area contributed by atoms with Gasteiger partial charge in [0.2, 0.25) is 0 Å². The number of hydrogen-bond acceptors (Lipinski definition) is 4. The van der Waals surface area contributed by atoms with E-state index in [0.29, 0.717) is 13.2 Å². The summed E-state index contributed by atoms with van der Waals surface area (Å²) in [6, 6.07) is 3.82. The topological polar surface area (TPSA) is 55.5 Å². The van der Waals surface area contributed by atoms with E-state index in [2.05, 4.69) is 15.9 Å². The van der Waals surface area contributed by atoms with Gasteiger partial charge in [-0.2, -0.15) is 0 Å². The van der Waals surface area contributed by atoms with Crippen LogP contribution in [0.3, 0.4) is 0 Å². The summed E-state index contributed by atoms with van der Waals surface area (Å²) in [5, 5.41) is 9.12. The van der Waals surface area contributed by atoms with Gasteiger partial charge in [-0.05, 0) is 28.1 Å². The predicted octanol–water partition coefficient (Wildman–Crippen LogP) is 1.10. The van der Waals surface area contributed by atoms with E-state index >= 15 is 0 Å². The molecule has 1 aliphatic heterocycles. The summed E-state index contributed by atoms with van der Waals surface area (Å²) >= 11 is 5.08. The van der Waals surface area contributed by atoms with E-state index in [9.17, 15) is 0 Å². The van der Waals surface area contributed by atoms with Crippen LogP contribution in [-0.2, 0) is 10.2 Å². The molecule has 1 atom stereocenters. The van der Waals surface area contributed by atoms with Crippen LogP contribution < -0.4 is 5.73 Å². The van der Waals surface area contributed by atoms with Crippen LogP contribution in [0.15, 0.2) is 15.9 Å². The zero-order valence-corrected chi connectivity index (χ0v) is 9.97. The van der Waals surface area contributed by atoms with Crippen molar-refractivity contribution in [2.45, 2.75) is 11.5 Å². The van der Waals surface area contributed by atoms with Crippen LogP contribution in [0.1, 0.15) is 4.88 Å². The summed E-state index contributed by atoms with van der Waals surface area (Å²) < 4.78 is 6.31. The second kappa shape index (κ2) is 3.90. The third-order valence-electron chi connectivity index (χ3n) is 2.69. The number of ether oxygens (including phenoxy) is 1. The molecule has 78 valence electrons. The molecule has 1 fully saturated rings. The molecule has 0 saturated carbocycles. The lowest BCUT2D eigenvalue weighted by atomic mass is 9.77. The lowest BCUT2D eigenvalue weighted by molar-refractivity contribution is -0.0779. The van der Waals surface area contributed by atoms with Crippen LogP contribution in [0, 0.1) is 0 Å². The maximum Gasteiger partial charge on any atom is 0.0701 e. The molecule has 2 heterocycles. The van der Waals surface area contributed by atoms with E-state index in [-0.39, 0.29) is 18.1 Å². The van der Waals surface area contributed by atoms with Gasteiger partial charge in [-0.3, -0.25) is 0 Å². The molecule has 0 bridgehead atoms. The molecular formula is C9H12BrNO2S. The van der Waals surface area contributed by atoms with Crippen molar-refractivity contribution < 1.29 is 9.84 Å². The highest BCUT2D eigenvalue weighted by Crippen LogP contribution is 2.40. The fourth-order valence-electron chi connectivity index (χ4n) is 1.62. The van der Waals surface area contributed by atoms with Gasteiger partial charge in [0, 0.05) is 10.9 Å². The Balaban J connectivity index is 2.28. The first-order valence-corrected chi connectivity index (χ1v) is 6.00. The summed E-state index contributed by atoms with van der Waals surface area (Å²) in [6.07, 6.45) is 0. The van der Waals surface area contributed by atoms with Crippen molar-refractivity contribution in [3.05, 3.63) is 20.8 Å². The molecular weight excluding hydrogens is 266 g/mol. The number of thiophene rings is 1. The molecule has 1 saturated heterocycles. The number of aliphatic hydroxyl groups excluding tert-OH is 1. The number of rotatable bonds is 3. The molecule has 14 heavy (non-hydrogen) atoms. The minimum atomic E-state index is -0.234. The number of halogens is 1. The Bertz CT molecular complexity index is 324. The Morgan fingerprint density at radius 2 is 2.36 bits per heavy atom. The molecule has 1 aliphatic rings. The van der Waals surface area contributed by atoms with Gasteiger partial charge in [0.25, 0.3) is 0 Å². The Morgan fingerprint density at radius 1 is 1.64 bits per heavy atom. The molecule has 1 aromatic heterocycles. The average Bonchev–Trinajstić information content (AvgIpc) is 2.50. The van der Waals surface area contributed by atoms with Crippen LogP contribution in [0.2, 0.25) is 0 Å². The minimum absolute atomic E-state index is 0.00111. The highest BCUT2D eigenvalue weighted by molar-refractivity contribution is 9.11. The Labute approximate surface area is 95.0 Å². The number of hydrogen-bond donors (Lipinski definition) is 2. The highest BCUT2D eigenvalue weighted by Gasteiger charge is 2.46. The summed E-state index contributed by atoms with van der Waals surface area (Å²) in [7, 11) is 0. The molecule has 0 aliphatic carbocycles. The lowest BCUT2D eigenvalue weighted by Gasteiger charge is -2.44. The molecule has 0 radical (unpaired) electrons. The maximum atomic E-state index is 9.12. The molecule has 3 nitrogen and oxygen atoms in total. The molecule has 2 rings (SSSR count). The van der Waals surface area contributed by atoms with Gasteiger partial charge >= 0.3 is 0 Å². The van der Waals surface area contributed by atoms with Crippen molar-refractivity contribution in [3.63, 3.8) is 0 Å². The van der Waals surface area contributed by atoms with Gasteiger partial charge < -0.3 is 15.6 Å². The molecule has 0 spiro atoms. The van der Waals surface area contributed by atoms with E-state index in [0.717, 1.165) is 3.79 Å². The van der Waals surface area contributed by atoms with Crippen molar-refractivity contribution in [3.8, 4) is 0 Å². The van der Waals surface area contributed by atoms with Crippen LogP contribution >= 0.6 is 27.3 Å². The van der Waals surface area contributed by atoms with E-state index < -0.39 is 0 Å². The fourth-order valence-corrected chi connectivity index (χ4v) is 3.23. The second-order valence-electron chi connectivity index (χ2n) is 3.54. The lowest BCUT2D eigenvalue weighted by Crippen LogP contribution is -2.59. The monoisotopic (exact) mass is 277 g/mol. The maximum absolute atomic E-state index is 9.12. The van der Waals surface area contributed by atoms with Gasteiger partial charge in [0.1, 0.15) is 0 Å². The van der Waals surface area contributed by atoms with E-state index in [1.165, 1.54) is 4.88 Å². The largest absolute Gasteiger partial charge is 0.395 e. The van der Waals surface area contributed by atoms with E-state index in [1.54, 1.807) is 11.3 Å². The van der Waals surface area contributed by atoms with Crippen LogP contribution in [0.4, 0.5) is 0 Å². The molecule has 1 aromatic rings. The fraction of sp³-hybridized carbons (Fsp3) is 0.556. The number of nitrogens with two attached hydrogens (primary N) is 1. The summed E-state index contributed by atoms with van der Waals surface area (Å²) in [5.74, 6) is 0. The van der Waals surface area contributed by atoms with E-state index in [4.69, 9.17) is 15.6 Å². The summed E-state index contributed by atoms with van der Waals surface area (Å²) in [5.41, 5.74) is 5.75. The Kier molecular flexibility index (Phi) is 2.95. The SMILES string of the molecule is NC(CO)C1(c2ccc(Br)s2)COC1. The van der Waals surface area contributed by atoms with Gasteiger partial charge in [-0.15, -0.1) is 11.3 Å². The molecule has 0 aromatic carbocycles. The minimum Gasteiger partial charge on any atom is -0.395 e. The zero-order chi connectivity index (χ0) is 10.2. The molecule has 0 amide bonds. The van der Waals surface area contributed by atoms with Crippen molar-refractivity contribution in [2.75, 3.05) is 19.8 Å². The van der Waals surface area contributed by atoms with Crippen LogP contribution in [0.5, 0.6) is 0 Å². The quantitative estimate of drug-likeness (QED) is 0.870. The Morgan fingerprint density at radius 3 is 2.71 bits per heavy atom. The zero-order valence-electron chi connectivity index (χ0n) is 7.57. The normalized spacial score (nSPS) is 21.6. The molecule has 1 unspecified atom stereocenters. The number of aliphatic hydroxyl groups is 1. The third-order valence-corrected chi connectivity index (χ3v) is 4.53. The van der Waals surface area contributed by atoms with Gasteiger partial charge in [0.05, 0.1) is 29.0 Å². The first-order chi connectivity index (χ1) is 6.69. The third kappa shape index (κ3) is 1.53. The average molecular weight is 278 g/mol. The van der Waals surface area contributed by atoms with Gasteiger partial charge in [0.15, 0.2) is 0 Å². The first-order valence-electron chi connectivity index (χ1n) is 4.39. The standard InChI is InChI=1S/C9H12BrNO2S/c10-8-2-1-7(14-8)9(4-13-5-9)6(11)3-12/h1-2,6,12H,3-5,11H2. The molecule has 3 N–H and O–H groups in total. The van der Waals surface area contributed by atoms with Crippen molar-refractivity contribution in [2.24, 2.45) is 5.73 Å². The van der Waals surface area contributed by atoms with Crippen molar-refractivity contribution >= 4 is 27.3 Å². The van der Waals surface area contributed by atoms with Gasteiger partial charge in [-0.25, -0.2) is 0 Å². The Hall–Kier alpha value is 0.0600. The smallest absolute Gasteiger partial charge is 0.0701 e. The van der Waals surface area contributed by atoms with Crippen molar-refractivity contribution in [1.82, 2.24) is 0 Å². The van der Waals surface area contributed by atoms with E-state index in [1.807, 2.05) is 12.1 Å². The first kappa shape index (κ1) is 10.6. The second-order valence-corrected chi connectivity index (χ2v) is 6.00. The molecule has 5 heteroatoms. The van der Waals surface area contributed by atoms with Crippen molar-refractivity contribution in [1.29, 1.82) is 0 Å². The summed E-state index contributed by atoms with van der Waals surface area (Å²) in [4.78, 5) is 1.19. The van der Waals surface area contributed by atoms with Gasteiger partial charge in [-0.1, -0.05) is 0 Å². The van der Waals surface area contributed by atoms with Crippen LogP contribution in [0.25, 0.3) is 0 Å². The van der Waals surface area contributed by atoms with Crippen LogP contribution in [-0.4, -0.2) is 31.0 Å². The highest BCUT2D eigenvalue weighted by atomic mass is 79.9.